The van der Waals surface area contributed by atoms with Gasteiger partial charge in [-0.25, -0.2) is 0 Å². The third-order valence-corrected chi connectivity index (χ3v) is 0.281. The molecule has 7 heavy (non-hydrogen) atoms. The van der Waals surface area contributed by atoms with Crippen LogP contribution in [0.25, 0.3) is 0 Å². The van der Waals surface area contributed by atoms with Gasteiger partial charge in [0.2, 0.25) is 0 Å². The van der Waals surface area contributed by atoms with E-state index in [0.29, 0.717) is 0 Å². The molecular formula is C2H6ClN3S. The number of nitrogens with one attached hydrogen (secondary N) is 1. The number of halogens is 1. The topological polar surface area (TPSA) is 50.4 Å². The summed E-state index contributed by atoms with van der Waals surface area (Å²) in [5.74, 6) is 0. The zero-order chi connectivity index (χ0) is 4.99. The lowest BCUT2D eigenvalue weighted by Gasteiger charge is -1.87. The molecule has 3 nitrogen and oxygen atoms in total. The van der Waals surface area contributed by atoms with Crippen LogP contribution in [-0.4, -0.2) is 11.8 Å². The fraction of sp³-hybridized carbons (Fsp3) is 0. The lowest BCUT2D eigenvalue weighted by atomic mass is 11.2. The van der Waals surface area contributed by atoms with Crippen molar-refractivity contribution in [1.82, 2.24) is 5.43 Å². The van der Waals surface area contributed by atoms with Crippen LogP contribution in [0.15, 0.2) is 5.10 Å². The highest BCUT2D eigenvalue weighted by molar-refractivity contribution is 7.80. The van der Waals surface area contributed by atoms with Crippen LogP contribution >= 0.6 is 24.6 Å². The maximum absolute atomic E-state index is 4.89. The smallest absolute Gasteiger partial charge is 0.184 e. The number of hydrogen-bond acceptors (Lipinski definition) is 2. The van der Waals surface area contributed by atoms with E-state index in [1.807, 2.05) is 0 Å². The predicted molar refractivity (Wildman–Crippen MR) is 36.7 cm³/mol. The molecule has 0 saturated carbocycles. The van der Waals surface area contributed by atoms with Crippen molar-refractivity contribution >= 4 is 36.5 Å². The zero-order valence-electron chi connectivity index (χ0n) is 3.55. The first kappa shape index (κ1) is 9.82. The number of hydrogen-bond donors (Lipinski definition) is 2. The fourth-order valence-corrected chi connectivity index (χ4v) is 0.142. The second kappa shape index (κ2) is 5.65. The van der Waals surface area contributed by atoms with Crippen LogP contribution in [-0.2, 0) is 0 Å². The van der Waals surface area contributed by atoms with Crippen molar-refractivity contribution in [3.05, 3.63) is 0 Å². The molecule has 0 rings (SSSR count). The van der Waals surface area contributed by atoms with E-state index in [4.69, 9.17) is 5.73 Å². The Morgan fingerprint density at radius 2 is 2.29 bits per heavy atom. The van der Waals surface area contributed by atoms with Gasteiger partial charge in [-0.3, -0.25) is 5.43 Å². The lowest BCUT2D eigenvalue weighted by molar-refractivity contribution is 1.05. The summed E-state index contributed by atoms with van der Waals surface area (Å²) >= 11 is 4.33. The van der Waals surface area contributed by atoms with Crippen molar-refractivity contribution in [2.75, 3.05) is 0 Å². The quantitative estimate of drug-likeness (QED) is 0.302. The summed E-state index contributed by atoms with van der Waals surface area (Å²) in [6.45, 7) is 3.07. The first-order valence-corrected chi connectivity index (χ1v) is 1.69. The van der Waals surface area contributed by atoms with Crippen molar-refractivity contribution < 1.29 is 0 Å². The standard InChI is InChI=1S/C2H5N3S.ClH/c1-4-5-2(3)6;/h1H2,(H3,3,5,6);1H. The molecule has 3 N–H and O–H groups in total. The van der Waals surface area contributed by atoms with Crippen LogP contribution in [0.2, 0.25) is 0 Å². The minimum Gasteiger partial charge on any atom is -0.375 e. The van der Waals surface area contributed by atoms with E-state index in [9.17, 15) is 0 Å². The summed E-state index contributed by atoms with van der Waals surface area (Å²) in [4.78, 5) is 0. The van der Waals surface area contributed by atoms with E-state index in [0.717, 1.165) is 0 Å². The summed E-state index contributed by atoms with van der Waals surface area (Å²) in [5, 5.41) is 3.31. The number of thiocarbonyl (C=S) groups is 1. The van der Waals surface area contributed by atoms with Gasteiger partial charge >= 0.3 is 0 Å². The third-order valence-electron chi connectivity index (χ3n) is 0.189. The lowest BCUT2D eigenvalue weighted by Crippen LogP contribution is -2.23. The van der Waals surface area contributed by atoms with E-state index >= 15 is 0 Å². The highest BCUT2D eigenvalue weighted by atomic mass is 35.5. The van der Waals surface area contributed by atoms with Gasteiger partial charge in [-0.05, 0) is 12.2 Å². The van der Waals surface area contributed by atoms with E-state index in [-0.39, 0.29) is 17.5 Å². The molecule has 0 aliphatic rings. The Morgan fingerprint density at radius 3 is 2.29 bits per heavy atom. The fourth-order valence-electron chi connectivity index (χ4n) is 0.0779. The molecule has 5 heteroatoms. The molecule has 0 aromatic carbocycles. The number of nitrogens with two attached hydrogens (primary N) is 1. The molecule has 0 radical (unpaired) electrons. The number of rotatable bonds is 1. The highest BCUT2D eigenvalue weighted by Crippen LogP contribution is 1.51. The van der Waals surface area contributed by atoms with Crippen LogP contribution in [0, 0.1) is 0 Å². The Balaban J connectivity index is 0. The van der Waals surface area contributed by atoms with Crippen LogP contribution < -0.4 is 11.2 Å². The molecule has 0 bridgehead atoms. The van der Waals surface area contributed by atoms with Gasteiger partial charge in [-0.2, -0.15) is 5.10 Å². The molecule has 0 aromatic heterocycles. The molecular weight excluding hydrogens is 134 g/mol. The van der Waals surface area contributed by atoms with Crippen molar-refractivity contribution in [2.45, 2.75) is 0 Å². The molecule has 0 saturated heterocycles. The largest absolute Gasteiger partial charge is 0.375 e. The average Bonchev–Trinajstić information content (AvgIpc) is 1.35. The molecule has 0 aromatic rings. The van der Waals surface area contributed by atoms with Gasteiger partial charge in [0.05, 0.1) is 0 Å². The summed E-state index contributed by atoms with van der Waals surface area (Å²) < 4.78 is 0. The van der Waals surface area contributed by atoms with Gasteiger partial charge in [0, 0.05) is 6.72 Å². The van der Waals surface area contributed by atoms with Crippen molar-refractivity contribution in [3.8, 4) is 0 Å². The van der Waals surface area contributed by atoms with Crippen molar-refractivity contribution in [1.29, 1.82) is 0 Å². The minimum atomic E-state index is 0. The van der Waals surface area contributed by atoms with Gasteiger partial charge in [0.1, 0.15) is 0 Å². The maximum Gasteiger partial charge on any atom is 0.184 e. The first-order valence-electron chi connectivity index (χ1n) is 1.28. The Morgan fingerprint density at radius 1 is 1.86 bits per heavy atom. The van der Waals surface area contributed by atoms with E-state index in [2.05, 4.69) is 29.5 Å². The first-order chi connectivity index (χ1) is 2.77. The normalized spacial score (nSPS) is 5.71. The molecule has 0 fully saturated rings. The predicted octanol–water partition coefficient (Wildman–Crippen LogP) is -0.143. The van der Waals surface area contributed by atoms with E-state index in [1.54, 1.807) is 0 Å². The molecule has 0 aliphatic carbocycles. The van der Waals surface area contributed by atoms with Crippen LogP contribution in [0.5, 0.6) is 0 Å². The molecule has 0 unspecified atom stereocenters. The SMILES string of the molecule is C=NNC(N)=S.Cl. The average molecular weight is 140 g/mol. The van der Waals surface area contributed by atoms with Gasteiger partial charge in [-0.15, -0.1) is 12.4 Å². The maximum atomic E-state index is 4.89. The van der Waals surface area contributed by atoms with Gasteiger partial charge in [-0.1, -0.05) is 0 Å². The van der Waals surface area contributed by atoms with Crippen molar-refractivity contribution in [2.24, 2.45) is 10.8 Å². The molecule has 0 spiro atoms. The summed E-state index contributed by atoms with van der Waals surface area (Å²) in [6.07, 6.45) is 0. The Kier molecular flexibility index (Phi) is 7.92. The Bertz CT molecular complexity index is 73.3. The van der Waals surface area contributed by atoms with Gasteiger partial charge in [0.15, 0.2) is 5.11 Å². The molecule has 0 amide bonds. The Hall–Kier alpha value is -0.350. The van der Waals surface area contributed by atoms with E-state index in [1.165, 1.54) is 0 Å². The monoisotopic (exact) mass is 139 g/mol. The van der Waals surface area contributed by atoms with E-state index < -0.39 is 0 Å². The highest BCUT2D eigenvalue weighted by Gasteiger charge is 1.71. The van der Waals surface area contributed by atoms with Crippen LogP contribution in [0.4, 0.5) is 0 Å². The molecule has 0 aliphatic heterocycles. The second-order valence-electron chi connectivity index (χ2n) is 0.634. The van der Waals surface area contributed by atoms with Gasteiger partial charge in [0.25, 0.3) is 0 Å². The molecule has 0 atom stereocenters. The van der Waals surface area contributed by atoms with Crippen LogP contribution in [0.1, 0.15) is 0 Å². The summed E-state index contributed by atoms with van der Waals surface area (Å²) in [5.41, 5.74) is 7.12. The molecule has 42 valence electrons. The minimum absolute atomic E-state index is 0. The third kappa shape index (κ3) is 10.7. The number of nitrogens with zero attached hydrogens (tertiary/aromatic N) is 1. The molecule has 0 heterocycles. The summed E-state index contributed by atoms with van der Waals surface area (Å²) in [6, 6.07) is 0. The van der Waals surface area contributed by atoms with Crippen molar-refractivity contribution in [3.63, 3.8) is 0 Å². The number of hydrazone groups is 1. The second-order valence-corrected chi connectivity index (χ2v) is 1.07. The van der Waals surface area contributed by atoms with Gasteiger partial charge < -0.3 is 5.73 Å². The zero-order valence-corrected chi connectivity index (χ0v) is 5.18. The van der Waals surface area contributed by atoms with Crippen LogP contribution in [0.3, 0.4) is 0 Å². The Labute approximate surface area is 53.4 Å². The summed E-state index contributed by atoms with van der Waals surface area (Å²) in [7, 11) is 0.